The highest BCUT2D eigenvalue weighted by Crippen LogP contribution is 2.23. The number of hydrogen-bond donors (Lipinski definition) is 2. The number of nitrogens with zero attached hydrogens (tertiary/aromatic N) is 4. The number of pyridine rings is 1. The Hall–Kier alpha value is -3.54. The first-order valence-electron chi connectivity index (χ1n) is 10.7. The Morgan fingerprint density at radius 1 is 1.19 bits per heavy atom. The maximum absolute atomic E-state index is 13.2. The molecule has 0 spiro atoms. The first kappa shape index (κ1) is 23.1. The largest absolute Gasteiger partial charge is 0.355 e. The zero-order chi connectivity index (χ0) is 22.8. The van der Waals surface area contributed by atoms with E-state index in [0.29, 0.717) is 12.5 Å². The molecule has 1 amide bonds. The van der Waals surface area contributed by atoms with Crippen LogP contribution in [0.5, 0.6) is 0 Å². The van der Waals surface area contributed by atoms with Crippen molar-refractivity contribution < 1.29 is 13.6 Å². The van der Waals surface area contributed by atoms with Crippen LogP contribution in [-0.2, 0) is 0 Å². The summed E-state index contributed by atoms with van der Waals surface area (Å²) in [6, 6.07) is 11.4. The summed E-state index contributed by atoms with van der Waals surface area (Å²) in [5, 5.41) is 14.5. The van der Waals surface area contributed by atoms with E-state index in [9.17, 15) is 13.6 Å². The van der Waals surface area contributed by atoms with Crippen molar-refractivity contribution in [1.82, 2.24) is 15.2 Å². The molecule has 9 heteroatoms. The van der Waals surface area contributed by atoms with E-state index in [0.717, 1.165) is 62.9 Å². The third-order valence-corrected chi connectivity index (χ3v) is 5.36. The Morgan fingerprint density at radius 2 is 1.94 bits per heavy atom. The summed E-state index contributed by atoms with van der Waals surface area (Å²) in [6.45, 7) is 2.16. The normalized spacial score (nSPS) is 16.0. The minimum atomic E-state index is -0.959. The van der Waals surface area contributed by atoms with E-state index in [-0.39, 0.29) is 17.6 Å². The number of benzene rings is 1. The molecule has 7 nitrogen and oxygen atoms in total. The molecule has 0 radical (unpaired) electrons. The third-order valence-electron chi connectivity index (χ3n) is 5.36. The summed E-state index contributed by atoms with van der Waals surface area (Å²) in [6.07, 6.45) is 6.62. The maximum Gasteiger partial charge on any atom is 0.253 e. The molecule has 1 aliphatic rings. The number of carbonyl (C=O) groups is 1. The monoisotopic (exact) mass is 440 g/mol. The van der Waals surface area contributed by atoms with Crippen molar-refractivity contribution in [2.75, 3.05) is 25.0 Å². The SMILES string of the molecule is N#C/N=C(/NCCCCCC1CCN(C(=O)c2ccccc2)C1)Nc1cc(F)nc(F)c1. The predicted molar refractivity (Wildman–Crippen MR) is 118 cm³/mol. The third kappa shape index (κ3) is 7.01. The van der Waals surface area contributed by atoms with Gasteiger partial charge in [0.05, 0.1) is 0 Å². The van der Waals surface area contributed by atoms with Crippen molar-refractivity contribution in [3.8, 4) is 6.19 Å². The summed E-state index contributed by atoms with van der Waals surface area (Å²) >= 11 is 0. The van der Waals surface area contributed by atoms with Crippen LogP contribution < -0.4 is 10.6 Å². The van der Waals surface area contributed by atoms with E-state index in [2.05, 4.69) is 20.6 Å². The molecule has 1 aromatic heterocycles. The summed E-state index contributed by atoms with van der Waals surface area (Å²) in [7, 11) is 0. The van der Waals surface area contributed by atoms with Crippen LogP contribution in [0.25, 0.3) is 0 Å². The van der Waals surface area contributed by atoms with Gasteiger partial charge in [0, 0.05) is 43.0 Å². The van der Waals surface area contributed by atoms with Crippen molar-refractivity contribution in [3.05, 3.63) is 59.9 Å². The van der Waals surface area contributed by atoms with Crippen molar-refractivity contribution in [2.45, 2.75) is 32.1 Å². The van der Waals surface area contributed by atoms with E-state index in [1.807, 2.05) is 35.2 Å². The second-order valence-electron chi connectivity index (χ2n) is 7.73. The molecule has 0 saturated carbocycles. The number of anilines is 1. The number of guanidine groups is 1. The van der Waals surface area contributed by atoms with E-state index in [1.54, 1.807) is 6.19 Å². The molecule has 1 unspecified atom stereocenters. The zero-order valence-electron chi connectivity index (χ0n) is 17.7. The molecule has 0 bridgehead atoms. The Labute approximate surface area is 186 Å². The second-order valence-corrected chi connectivity index (χ2v) is 7.73. The van der Waals surface area contributed by atoms with Gasteiger partial charge in [-0.3, -0.25) is 4.79 Å². The number of carbonyl (C=O) groups excluding carboxylic acids is 1. The topological polar surface area (TPSA) is 93.4 Å². The summed E-state index contributed by atoms with van der Waals surface area (Å²) < 4.78 is 26.4. The number of nitriles is 1. The molecule has 1 atom stereocenters. The molecule has 168 valence electrons. The predicted octanol–water partition coefficient (Wildman–Crippen LogP) is 3.92. The van der Waals surface area contributed by atoms with Gasteiger partial charge in [-0.25, -0.2) is 0 Å². The van der Waals surface area contributed by atoms with Gasteiger partial charge in [-0.1, -0.05) is 31.0 Å². The van der Waals surface area contributed by atoms with Gasteiger partial charge in [0.25, 0.3) is 5.91 Å². The Balaban J connectivity index is 1.33. The number of likely N-dealkylation sites (tertiary alicyclic amines) is 1. The van der Waals surface area contributed by atoms with Crippen LogP contribution in [0, 0.1) is 29.3 Å². The molecule has 32 heavy (non-hydrogen) atoms. The van der Waals surface area contributed by atoms with Crippen LogP contribution in [0.4, 0.5) is 14.5 Å². The Kier molecular flexibility index (Phi) is 8.49. The highest BCUT2D eigenvalue weighted by Gasteiger charge is 2.26. The van der Waals surface area contributed by atoms with Gasteiger partial charge >= 0.3 is 0 Å². The molecule has 0 aliphatic carbocycles. The van der Waals surface area contributed by atoms with Crippen LogP contribution in [0.1, 0.15) is 42.5 Å². The lowest BCUT2D eigenvalue weighted by Crippen LogP contribution is -2.31. The lowest BCUT2D eigenvalue weighted by molar-refractivity contribution is 0.0786. The number of rotatable bonds is 8. The Morgan fingerprint density at radius 3 is 2.66 bits per heavy atom. The van der Waals surface area contributed by atoms with Crippen LogP contribution in [-0.4, -0.2) is 41.4 Å². The highest BCUT2D eigenvalue weighted by atomic mass is 19.1. The van der Waals surface area contributed by atoms with Crippen molar-refractivity contribution in [1.29, 1.82) is 5.26 Å². The number of aromatic nitrogens is 1. The number of halogens is 2. The molecular formula is C23H26F2N6O. The number of amides is 1. The lowest BCUT2D eigenvalue weighted by Gasteiger charge is -2.16. The molecule has 1 aliphatic heterocycles. The molecule has 2 aromatic rings. The van der Waals surface area contributed by atoms with E-state index in [1.165, 1.54) is 0 Å². The van der Waals surface area contributed by atoms with Crippen LogP contribution in [0.2, 0.25) is 0 Å². The van der Waals surface area contributed by atoms with E-state index < -0.39 is 11.9 Å². The minimum absolute atomic E-state index is 0.100. The number of aliphatic imine (C=N–C) groups is 1. The summed E-state index contributed by atoms with van der Waals surface area (Å²) in [5.74, 6) is -1.17. The summed E-state index contributed by atoms with van der Waals surface area (Å²) in [5.41, 5.74) is 0.854. The molecule has 3 rings (SSSR count). The number of nitrogens with one attached hydrogen (secondary N) is 2. The molecular weight excluding hydrogens is 414 g/mol. The van der Waals surface area contributed by atoms with E-state index >= 15 is 0 Å². The van der Waals surface area contributed by atoms with E-state index in [4.69, 9.17) is 5.26 Å². The minimum Gasteiger partial charge on any atom is -0.355 e. The maximum atomic E-state index is 13.2. The number of unbranched alkanes of at least 4 members (excludes halogenated alkanes) is 2. The average molecular weight is 440 g/mol. The smallest absolute Gasteiger partial charge is 0.253 e. The van der Waals surface area contributed by atoms with Gasteiger partial charge in [0.1, 0.15) is 0 Å². The fourth-order valence-electron chi connectivity index (χ4n) is 3.79. The fourth-order valence-corrected chi connectivity index (χ4v) is 3.79. The standard InChI is InChI=1S/C23H26F2N6O/c24-20-13-19(14-21(25)30-20)29-23(28-16-26)27-11-6-2-3-7-17-10-12-31(15-17)22(32)18-8-4-1-5-9-18/h1,4-5,8-9,13-14,17H,2-3,6-7,10-12,15H2,(H2,27,28,29,30). The van der Waals surface area contributed by atoms with Crippen LogP contribution in [0.15, 0.2) is 47.5 Å². The first-order chi connectivity index (χ1) is 15.5. The molecule has 2 heterocycles. The van der Waals surface area contributed by atoms with Crippen molar-refractivity contribution in [2.24, 2.45) is 10.9 Å². The Bertz CT molecular complexity index is 956. The fraction of sp³-hybridized carbons (Fsp3) is 0.391. The molecule has 1 saturated heterocycles. The van der Waals surface area contributed by atoms with Gasteiger partial charge in [-0.05, 0) is 37.3 Å². The van der Waals surface area contributed by atoms with Gasteiger partial charge in [-0.2, -0.15) is 19.0 Å². The van der Waals surface area contributed by atoms with Crippen molar-refractivity contribution >= 4 is 17.6 Å². The van der Waals surface area contributed by atoms with Gasteiger partial charge < -0.3 is 15.5 Å². The second kappa shape index (κ2) is 11.7. The average Bonchev–Trinajstić information content (AvgIpc) is 3.24. The van der Waals surface area contributed by atoms with Gasteiger partial charge in [0.15, 0.2) is 0 Å². The van der Waals surface area contributed by atoms with Crippen LogP contribution in [0.3, 0.4) is 0 Å². The van der Waals surface area contributed by atoms with Crippen molar-refractivity contribution in [3.63, 3.8) is 0 Å². The summed E-state index contributed by atoms with van der Waals surface area (Å²) in [4.78, 5) is 21.1. The van der Waals surface area contributed by atoms with Gasteiger partial charge in [0.2, 0.25) is 24.0 Å². The quantitative estimate of drug-likeness (QED) is 0.213. The first-order valence-corrected chi connectivity index (χ1v) is 10.7. The van der Waals surface area contributed by atoms with Crippen LogP contribution >= 0.6 is 0 Å². The molecule has 1 aromatic carbocycles. The number of hydrogen-bond acceptors (Lipinski definition) is 4. The molecule has 2 N–H and O–H groups in total. The highest BCUT2D eigenvalue weighted by molar-refractivity contribution is 5.94. The van der Waals surface area contributed by atoms with Gasteiger partial charge in [-0.15, -0.1) is 4.99 Å². The lowest BCUT2D eigenvalue weighted by atomic mass is 10.0. The molecule has 1 fully saturated rings. The zero-order valence-corrected chi connectivity index (χ0v) is 17.7.